The molecule has 1 heterocycles. The van der Waals surface area contributed by atoms with Crippen LogP contribution in [0.15, 0.2) is 59.6 Å². The van der Waals surface area contributed by atoms with E-state index in [0.29, 0.717) is 0 Å². The molecule has 0 spiro atoms. The smallest absolute Gasteiger partial charge is 0.0630 e. The Kier molecular flexibility index (Phi) is 6.78. The van der Waals surface area contributed by atoms with Crippen molar-refractivity contribution in [3.63, 3.8) is 0 Å². The van der Waals surface area contributed by atoms with Gasteiger partial charge in [-0.15, -0.1) is 0 Å². The third-order valence-electron chi connectivity index (χ3n) is 4.80. The lowest BCUT2D eigenvalue weighted by molar-refractivity contribution is 0.126. The van der Waals surface area contributed by atoms with Crippen molar-refractivity contribution in [3.05, 3.63) is 65.7 Å². The lowest BCUT2D eigenvalue weighted by atomic mass is 10.1. The molecule has 3 heteroatoms. The van der Waals surface area contributed by atoms with Crippen LogP contribution in [0.1, 0.15) is 30.9 Å². The number of benzene rings is 2. The second-order valence-electron chi connectivity index (χ2n) is 6.81. The van der Waals surface area contributed by atoms with Crippen LogP contribution in [-0.2, 0) is 6.54 Å². The number of hydrogen-bond donors (Lipinski definition) is 0. The molecule has 132 valence electrons. The number of nitrogens with zero attached hydrogens (tertiary/aromatic N) is 3. The quantitative estimate of drug-likeness (QED) is 0.700. The molecule has 1 aliphatic rings. The van der Waals surface area contributed by atoms with E-state index in [1.165, 1.54) is 51.1 Å². The summed E-state index contributed by atoms with van der Waals surface area (Å²) in [5.41, 5.74) is 3.52. The third kappa shape index (κ3) is 5.80. The van der Waals surface area contributed by atoms with Gasteiger partial charge >= 0.3 is 0 Å². The Morgan fingerprint density at radius 1 is 0.880 bits per heavy atom. The van der Waals surface area contributed by atoms with Gasteiger partial charge in [-0.3, -0.25) is 9.89 Å². The second kappa shape index (κ2) is 9.50. The third-order valence-corrected chi connectivity index (χ3v) is 4.80. The van der Waals surface area contributed by atoms with Gasteiger partial charge in [-0.05, 0) is 36.2 Å². The fourth-order valence-electron chi connectivity index (χ4n) is 3.19. The molecule has 0 saturated carbocycles. The molecule has 0 bridgehead atoms. The van der Waals surface area contributed by atoms with Gasteiger partial charge in [0.05, 0.1) is 5.69 Å². The van der Waals surface area contributed by atoms with E-state index >= 15 is 0 Å². The zero-order valence-electron chi connectivity index (χ0n) is 15.3. The van der Waals surface area contributed by atoms with Crippen molar-refractivity contribution in [2.24, 2.45) is 4.99 Å². The van der Waals surface area contributed by atoms with Crippen LogP contribution in [0.5, 0.6) is 0 Å². The Morgan fingerprint density at radius 3 is 2.24 bits per heavy atom. The van der Waals surface area contributed by atoms with Crippen LogP contribution in [0, 0.1) is 0 Å². The fraction of sp³-hybridized carbons (Fsp3) is 0.409. The number of rotatable bonds is 7. The van der Waals surface area contributed by atoms with E-state index in [2.05, 4.69) is 58.1 Å². The van der Waals surface area contributed by atoms with Crippen molar-refractivity contribution < 1.29 is 0 Å². The van der Waals surface area contributed by atoms with E-state index < -0.39 is 0 Å². The highest BCUT2D eigenvalue weighted by Gasteiger charge is 2.16. The topological polar surface area (TPSA) is 18.8 Å². The number of hydrogen-bond acceptors (Lipinski definition) is 3. The van der Waals surface area contributed by atoms with Crippen LogP contribution in [0.3, 0.4) is 0 Å². The summed E-state index contributed by atoms with van der Waals surface area (Å²) < 4.78 is 0. The van der Waals surface area contributed by atoms with Crippen LogP contribution < -0.4 is 0 Å². The minimum absolute atomic E-state index is 1.01. The summed E-state index contributed by atoms with van der Waals surface area (Å²) in [6, 6.07) is 18.9. The van der Waals surface area contributed by atoms with Gasteiger partial charge in [0.25, 0.3) is 0 Å². The fourth-order valence-corrected chi connectivity index (χ4v) is 3.19. The zero-order valence-corrected chi connectivity index (χ0v) is 15.3. The van der Waals surface area contributed by atoms with E-state index in [-0.39, 0.29) is 0 Å². The van der Waals surface area contributed by atoms with Crippen molar-refractivity contribution >= 4 is 11.9 Å². The van der Waals surface area contributed by atoms with E-state index in [1.54, 1.807) is 0 Å². The first kappa shape index (κ1) is 17.8. The molecule has 2 aromatic carbocycles. The Morgan fingerprint density at radius 2 is 1.56 bits per heavy atom. The molecule has 0 aromatic heterocycles. The molecule has 25 heavy (non-hydrogen) atoms. The molecule has 2 aromatic rings. The molecule has 0 radical (unpaired) electrons. The van der Waals surface area contributed by atoms with Crippen molar-refractivity contribution in [1.29, 1.82) is 0 Å². The van der Waals surface area contributed by atoms with Crippen LogP contribution in [0.4, 0.5) is 5.69 Å². The molecule has 3 nitrogen and oxygen atoms in total. The summed E-state index contributed by atoms with van der Waals surface area (Å²) in [6.07, 6.45) is 4.54. The van der Waals surface area contributed by atoms with Gasteiger partial charge in [-0.25, -0.2) is 0 Å². The summed E-state index contributed by atoms with van der Waals surface area (Å²) in [6.45, 7) is 9.35. The van der Waals surface area contributed by atoms with Crippen LogP contribution in [0.25, 0.3) is 0 Å². The maximum atomic E-state index is 4.56. The maximum Gasteiger partial charge on any atom is 0.0630 e. The predicted molar refractivity (Wildman–Crippen MR) is 107 cm³/mol. The second-order valence-corrected chi connectivity index (χ2v) is 6.81. The van der Waals surface area contributed by atoms with E-state index in [1.807, 2.05) is 24.4 Å². The number of aliphatic imine (C=N–C) groups is 1. The molecule has 1 aliphatic heterocycles. The van der Waals surface area contributed by atoms with Crippen molar-refractivity contribution in [1.82, 2.24) is 9.80 Å². The van der Waals surface area contributed by atoms with Gasteiger partial charge in [0.1, 0.15) is 0 Å². The SMILES string of the molecule is CCCCN1CCN(Cc2ccc(N=Cc3ccccc3)cc2)CC1. The first-order valence-corrected chi connectivity index (χ1v) is 9.46. The van der Waals surface area contributed by atoms with Gasteiger partial charge in [0.2, 0.25) is 0 Å². The molecular weight excluding hydrogens is 306 g/mol. The summed E-state index contributed by atoms with van der Waals surface area (Å²) in [7, 11) is 0. The van der Waals surface area contributed by atoms with Crippen molar-refractivity contribution in [3.8, 4) is 0 Å². The first-order valence-electron chi connectivity index (χ1n) is 9.46. The van der Waals surface area contributed by atoms with Gasteiger partial charge in [0, 0.05) is 38.9 Å². The molecule has 0 amide bonds. The summed E-state index contributed by atoms with van der Waals surface area (Å²) in [5, 5.41) is 0. The number of piperazine rings is 1. The minimum Gasteiger partial charge on any atom is -0.301 e. The van der Waals surface area contributed by atoms with Gasteiger partial charge < -0.3 is 4.90 Å². The lowest BCUT2D eigenvalue weighted by Crippen LogP contribution is -2.46. The molecule has 0 unspecified atom stereocenters. The molecule has 1 fully saturated rings. The molecule has 0 aliphatic carbocycles. The van der Waals surface area contributed by atoms with E-state index in [9.17, 15) is 0 Å². The highest BCUT2D eigenvalue weighted by molar-refractivity contribution is 5.81. The Bertz CT molecular complexity index is 641. The van der Waals surface area contributed by atoms with Gasteiger partial charge in [-0.1, -0.05) is 55.8 Å². The van der Waals surface area contributed by atoms with Gasteiger partial charge in [-0.2, -0.15) is 0 Å². The Balaban J connectivity index is 1.47. The summed E-state index contributed by atoms with van der Waals surface area (Å²) in [4.78, 5) is 9.72. The van der Waals surface area contributed by atoms with Crippen molar-refractivity contribution in [2.45, 2.75) is 26.3 Å². The largest absolute Gasteiger partial charge is 0.301 e. The maximum absolute atomic E-state index is 4.56. The van der Waals surface area contributed by atoms with Crippen LogP contribution >= 0.6 is 0 Å². The van der Waals surface area contributed by atoms with Gasteiger partial charge in [0.15, 0.2) is 0 Å². The van der Waals surface area contributed by atoms with Crippen molar-refractivity contribution in [2.75, 3.05) is 32.7 Å². The first-order chi connectivity index (χ1) is 12.3. The van der Waals surface area contributed by atoms with E-state index in [4.69, 9.17) is 0 Å². The average Bonchev–Trinajstić information content (AvgIpc) is 2.68. The zero-order chi connectivity index (χ0) is 17.3. The Labute approximate surface area is 152 Å². The van der Waals surface area contributed by atoms with Crippen LogP contribution in [0.2, 0.25) is 0 Å². The highest BCUT2D eigenvalue weighted by Crippen LogP contribution is 2.15. The standard InChI is InChI=1S/C22H29N3/c1-2-3-13-24-14-16-25(17-15-24)19-21-9-11-22(12-10-21)23-18-20-7-5-4-6-8-20/h4-12,18H,2-3,13-17,19H2,1H3. The summed E-state index contributed by atoms with van der Waals surface area (Å²) in [5.74, 6) is 0. The molecule has 0 atom stereocenters. The molecule has 1 saturated heterocycles. The predicted octanol–water partition coefficient (Wildman–Crippen LogP) is 4.35. The Hall–Kier alpha value is -1.97. The monoisotopic (exact) mass is 335 g/mol. The molecule has 0 N–H and O–H groups in total. The number of unbranched alkanes of at least 4 members (excludes halogenated alkanes) is 1. The average molecular weight is 335 g/mol. The highest BCUT2D eigenvalue weighted by atomic mass is 15.3. The minimum atomic E-state index is 1.01. The molecule has 3 rings (SSSR count). The normalized spacial score (nSPS) is 16.5. The van der Waals surface area contributed by atoms with E-state index in [0.717, 1.165) is 17.8 Å². The summed E-state index contributed by atoms with van der Waals surface area (Å²) >= 11 is 0. The lowest BCUT2D eigenvalue weighted by Gasteiger charge is -2.34. The molecular formula is C22H29N3. The van der Waals surface area contributed by atoms with Crippen LogP contribution in [-0.4, -0.2) is 48.7 Å².